The van der Waals surface area contributed by atoms with Crippen LogP contribution in [0.15, 0.2) is 49.1 Å². The van der Waals surface area contributed by atoms with Gasteiger partial charge in [-0.05, 0) is 5.56 Å². The first kappa shape index (κ1) is 13.9. The SMILES string of the molecule is OC(c1ccccc1)c1cnc(N2CCc3nc[nH]c3C2)nc1. The molecule has 0 saturated heterocycles. The number of rotatable bonds is 3. The summed E-state index contributed by atoms with van der Waals surface area (Å²) in [7, 11) is 0. The van der Waals surface area contributed by atoms with Crippen LogP contribution in [0.1, 0.15) is 28.6 Å². The summed E-state index contributed by atoms with van der Waals surface area (Å²) in [5, 5.41) is 10.4. The molecule has 0 radical (unpaired) electrons. The van der Waals surface area contributed by atoms with Gasteiger partial charge >= 0.3 is 0 Å². The first-order chi connectivity index (χ1) is 11.3. The molecule has 4 rings (SSSR count). The fourth-order valence-corrected chi connectivity index (χ4v) is 2.85. The van der Waals surface area contributed by atoms with E-state index < -0.39 is 6.10 Å². The molecule has 0 saturated carbocycles. The lowest BCUT2D eigenvalue weighted by atomic mass is 10.0. The Balaban J connectivity index is 1.53. The molecule has 1 unspecified atom stereocenters. The Morgan fingerprint density at radius 2 is 1.83 bits per heavy atom. The van der Waals surface area contributed by atoms with Crippen molar-refractivity contribution in [1.29, 1.82) is 0 Å². The molecule has 0 bridgehead atoms. The van der Waals surface area contributed by atoms with Crippen LogP contribution < -0.4 is 4.90 Å². The number of hydrogen-bond donors (Lipinski definition) is 2. The summed E-state index contributed by atoms with van der Waals surface area (Å²) in [6, 6.07) is 9.52. The van der Waals surface area contributed by atoms with Crippen LogP contribution in [0.4, 0.5) is 5.95 Å². The average molecular weight is 307 g/mol. The second-order valence-electron chi connectivity index (χ2n) is 5.63. The highest BCUT2D eigenvalue weighted by molar-refractivity contribution is 5.36. The molecule has 0 fully saturated rings. The number of aliphatic hydroxyl groups excluding tert-OH is 1. The summed E-state index contributed by atoms with van der Waals surface area (Å²) in [5.41, 5.74) is 3.77. The van der Waals surface area contributed by atoms with Gasteiger partial charge in [-0.3, -0.25) is 0 Å². The average Bonchev–Trinajstić information content (AvgIpc) is 3.10. The molecule has 2 N–H and O–H groups in total. The Morgan fingerprint density at radius 3 is 2.61 bits per heavy atom. The maximum absolute atomic E-state index is 10.4. The number of aromatic nitrogens is 4. The van der Waals surface area contributed by atoms with E-state index in [2.05, 4.69) is 24.8 Å². The van der Waals surface area contributed by atoms with E-state index in [9.17, 15) is 5.11 Å². The maximum atomic E-state index is 10.4. The van der Waals surface area contributed by atoms with E-state index in [1.54, 1.807) is 18.7 Å². The largest absolute Gasteiger partial charge is 0.384 e. The van der Waals surface area contributed by atoms with Crippen molar-refractivity contribution in [1.82, 2.24) is 19.9 Å². The van der Waals surface area contributed by atoms with Crippen LogP contribution in [-0.2, 0) is 13.0 Å². The van der Waals surface area contributed by atoms with Crippen LogP contribution >= 0.6 is 0 Å². The second kappa shape index (κ2) is 5.81. The summed E-state index contributed by atoms with van der Waals surface area (Å²) in [5.74, 6) is 0.675. The molecule has 1 aliphatic heterocycles. The van der Waals surface area contributed by atoms with E-state index in [4.69, 9.17) is 0 Å². The quantitative estimate of drug-likeness (QED) is 0.772. The van der Waals surface area contributed by atoms with E-state index in [-0.39, 0.29) is 0 Å². The minimum atomic E-state index is -0.703. The predicted molar refractivity (Wildman–Crippen MR) is 85.9 cm³/mol. The molecular weight excluding hydrogens is 290 g/mol. The van der Waals surface area contributed by atoms with E-state index in [1.807, 2.05) is 30.3 Å². The third kappa shape index (κ3) is 2.68. The van der Waals surface area contributed by atoms with E-state index >= 15 is 0 Å². The van der Waals surface area contributed by atoms with Gasteiger partial charge in [-0.15, -0.1) is 0 Å². The van der Waals surface area contributed by atoms with Gasteiger partial charge in [0.1, 0.15) is 6.10 Å². The smallest absolute Gasteiger partial charge is 0.225 e. The second-order valence-corrected chi connectivity index (χ2v) is 5.63. The number of nitrogens with one attached hydrogen (secondary N) is 1. The number of nitrogens with zero attached hydrogens (tertiary/aromatic N) is 4. The zero-order valence-electron chi connectivity index (χ0n) is 12.6. The molecule has 116 valence electrons. The number of anilines is 1. The summed E-state index contributed by atoms with van der Waals surface area (Å²) >= 11 is 0. The minimum absolute atomic E-state index is 0.675. The molecule has 6 nitrogen and oxygen atoms in total. The number of imidazole rings is 1. The van der Waals surface area contributed by atoms with Crippen LogP contribution in [0.3, 0.4) is 0 Å². The van der Waals surface area contributed by atoms with Crippen molar-refractivity contribution < 1.29 is 5.11 Å². The summed E-state index contributed by atoms with van der Waals surface area (Å²) in [6.07, 6.45) is 5.31. The fourth-order valence-electron chi connectivity index (χ4n) is 2.85. The Kier molecular flexibility index (Phi) is 3.51. The van der Waals surface area contributed by atoms with Crippen molar-refractivity contribution in [2.24, 2.45) is 0 Å². The number of fused-ring (bicyclic) bond motifs is 1. The molecule has 23 heavy (non-hydrogen) atoms. The fraction of sp³-hybridized carbons (Fsp3) is 0.235. The number of aliphatic hydroxyl groups is 1. The van der Waals surface area contributed by atoms with Gasteiger partial charge in [-0.25, -0.2) is 15.0 Å². The third-order valence-corrected chi connectivity index (χ3v) is 4.15. The Labute approximate surface area is 133 Å². The van der Waals surface area contributed by atoms with Gasteiger partial charge in [0.15, 0.2) is 0 Å². The molecule has 0 spiro atoms. The van der Waals surface area contributed by atoms with Crippen molar-refractivity contribution >= 4 is 5.95 Å². The highest BCUT2D eigenvalue weighted by atomic mass is 16.3. The third-order valence-electron chi connectivity index (χ3n) is 4.15. The lowest BCUT2D eigenvalue weighted by molar-refractivity contribution is 0.219. The zero-order chi connectivity index (χ0) is 15.6. The monoisotopic (exact) mass is 307 g/mol. The van der Waals surface area contributed by atoms with Crippen LogP contribution in [0.5, 0.6) is 0 Å². The zero-order valence-corrected chi connectivity index (χ0v) is 12.6. The van der Waals surface area contributed by atoms with Gasteiger partial charge in [0.25, 0.3) is 0 Å². The van der Waals surface area contributed by atoms with Crippen molar-refractivity contribution in [3.8, 4) is 0 Å². The summed E-state index contributed by atoms with van der Waals surface area (Å²) in [6.45, 7) is 1.58. The predicted octanol–water partition coefficient (Wildman–Crippen LogP) is 1.84. The van der Waals surface area contributed by atoms with Gasteiger partial charge < -0.3 is 15.0 Å². The van der Waals surface area contributed by atoms with Crippen molar-refractivity contribution in [2.75, 3.05) is 11.4 Å². The van der Waals surface area contributed by atoms with E-state index in [0.717, 1.165) is 36.5 Å². The molecule has 2 aromatic heterocycles. The number of H-pyrrole nitrogens is 1. The first-order valence-corrected chi connectivity index (χ1v) is 7.62. The molecular formula is C17H17N5O. The Morgan fingerprint density at radius 1 is 1.04 bits per heavy atom. The summed E-state index contributed by atoms with van der Waals surface area (Å²) in [4.78, 5) is 18.4. The lowest BCUT2D eigenvalue weighted by Crippen LogP contribution is -2.31. The highest BCUT2D eigenvalue weighted by Crippen LogP contribution is 2.23. The molecule has 3 heterocycles. The van der Waals surface area contributed by atoms with Crippen molar-refractivity contribution in [3.05, 3.63) is 71.6 Å². The molecule has 0 amide bonds. The number of benzene rings is 1. The Hall–Kier alpha value is -2.73. The lowest BCUT2D eigenvalue weighted by Gasteiger charge is -2.26. The molecule has 3 aromatic rings. The van der Waals surface area contributed by atoms with Crippen molar-refractivity contribution in [3.63, 3.8) is 0 Å². The minimum Gasteiger partial charge on any atom is -0.384 e. The van der Waals surface area contributed by atoms with Crippen LogP contribution in [-0.4, -0.2) is 31.6 Å². The van der Waals surface area contributed by atoms with E-state index in [1.165, 1.54) is 0 Å². The molecule has 1 atom stereocenters. The normalized spacial score (nSPS) is 15.3. The van der Waals surface area contributed by atoms with Crippen molar-refractivity contribution in [2.45, 2.75) is 19.1 Å². The first-order valence-electron chi connectivity index (χ1n) is 7.62. The molecule has 1 aliphatic rings. The number of hydrogen-bond acceptors (Lipinski definition) is 5. The van der Waals surface area contributed by atoms with Gasteiger partial charge in [-0.2, -0.15) is 0 Å². The number of aromatic amines is 1. The topological polar surface area (TPSA) is 77.9 Å². The van der Waals surface area contributed by atoms with Gasteiger partial charge in [0.05, 0.1) is 24.3 Å². The van der Waals surface area contributed by atoms with E-state index in [0.29, 0.717) is 11.5 Å². The molecule has 1 aromatic carbocycles. The standard InChI is InChI=1S/C17H17N5O/c23-16(12-4-2-1-3-5-12)13-8-18-17(19-9-13)22-7-6-14-15(10-22)21-11-20-14/h1-5,8-9,11,16,23H,6-7,10H2,(H,20,21). The Bertz CT molecular complexity index is 784. The molecule has 6 heteroatoms. The van der Waals surface area contributed by atoms with Crippen LogP contribution in [0.2, 0.25) is 0 Å². The van der Waals surface area contributed by atoms with Crippen LogP contribution in [0, 0.1) is 0 Å². The van der Waals surface area contributed by atoms with Gasteiger partial charge in [-0.1, -0.05) is 30.3 Å². The van der Waals surface area contributed by atoms with Crippen LogP contribution in [0.25, 0.3) is 0 Å². The maximum Gasteiger partial charge on any atom is 0.225 e. The highest BCUT2D eigenvalue weighted by Gasteiger charge is 2.20. The summed E-state index contributed by atoms with van der Waals surface area (Å²) < 4.78 is 0. The van der Waals surface area contributed by atoms with Gasteiger partial charge in [0.2, 0.25) is 5.95 Å². The molecule has 0 aliphatic carbocycles. The van der Waals surface area contributed by atoms with Gasteiger partial charge in [0, 0.05) is 30.9 Å².